The average Bonchev–Trinajstić information content (AvgIpc) is 3.12. The summed E-state index contributed by atoms with van der Waals surface area (Å²) in [5.74, 6) is 0.888. The van der Waals surface area contributed by atoms with E-state index in [-0.39, 0.29) is 0 Å². The van der Waals surface area contributed by atoms with Crippen molar-refractivity contribution in [3.63, 3.8) is 0 Å². The molecule has 1 aromatic carbocycles. The summed E-state index contributed by atoms with van der Waals surface area (Å²) in [6.45, 7) is 9.52. The molecule has 0 radical (unpaired) electrons. The molecule has 0 aliphatic heterocycles. The Kier molecular flexibility index (Phi) is 11.0. The number of ether oxygens (including phenoxy) is 1. The molecular weight excluding hydrogens is 376 g/mol. The molecule has 0 unspecified atom stereocenters. The third-order valence-corrected chi connectivity index (χ3v) is 4.91. The number of hydrogen-bond donors (Lipinski definition) is 2. The number of aryl methyl sites for hydroxylation is 2. The van der Waals surface area contributed by atoms with Crippen LogP contribution >= 0.6 is 0 Å². The van der Waals surface area contributed by atoms with Crippen LogP contribution in [0.25, 0.3) is 5.69 Å². The van der Waals surface area contributed by atoms with Gasteiger partial charge >= 0.3 is 0 Å². The van der Waals surface area contributed by atoms with Gasteiger partial charge in [-0.25, -0.2) is 4.68 Å². The quantitative estimate of drug-likeness (QED) is 0.300. The van der Waals surface area contributed by atoms with Crippen LogP contribution in [0.1, 0.15) is 31.0 Å². The summed E-state index contributed by atoms with van der Waals surface area (Å²) >= 11 is 0. The Labute approximate surface area is 181 Å². The maximum Gasteiger partial charge on any atom is 0.191 e. The Hall–Kier alpha value is -2.38. The average molecular weight is 415 g/mol. The van der Waals surface area contributed by atoms with Crippen molar-refractivity contribution < 1.29 is 4.74 Å². The molecule has 0 atom stereocenters. The third kappa shape index (κ3) is 8.55. The van der Waals surface area contributed by atoms with Gasteiger partial charge in [-0.05, 0) is 57.9 Å². The zero-order valence-electron chi connectivity index (χ0n) is 19.0. The number of methoxy groups -OCH3 is 1. The van der Waals surface area contributed by atoms with Crippen LogP contribution < -0.4 is 10.6 Å². The number of nitrogens with one attached hydrogen (secondary N) is 2. The number of hydrogen-bond acceptors (Lipinski definition) is 4. The van der Waals surface area contributed by atoms with Crippen LogP contribution in [0.4, 0.5) is 0 Å². The molecule has 0 aliphatic rings. The van der Waals surface area contributed by atoms with Gasteiger partial charge in [-0.3, -0.25) is 4.99 Å². The summed E-state index contributed by atoms with van der Waals surface area (Å²) in [5, 5.41) is 11.4. The number of likely N-dealkylation sites (N-methyl/N-ethyl adjacent to an activating group) is 1. The van der Waals surface area contributed by atoms with Crippen LogP contribution in [-0.4, -0.2) is 74.1 Å². The fourth-order valence-corrected chi connectivity index (χ4v) is 3.21. The minimum atomic E-state index is 0.787. The minimum absolute atomic E-state index is 0.787. The Morgan fingerprint density at radius 3 is 2.70 bits per heavy atom. The summed E-state index contributed by atoms with van der Waals surface area (Å²) in [4.78, 5) is 7.03. The van der Waals surface area contributed by atoms with Crippen LogP contribution in [0.15, 0.2) is 41.5 Å². The molecule has 0 bridgehead atoms. The Balaban J connectivity index is 1.76. The summed E-state index contributed by atoms with van der Waals surface area (Å²) in [7, 11) is 3.89. The monoisotopic (exact) mass is 414 g/mol. The van der Waals surface area contributed by atoms with Gasteiger partial charge in [0.25, 0.3) is 0 Å². The smallest absolute Gasteiger partial charge is 0.191 e. The lowest BCUT2D eigenvalue weighted by molar-refractivity contribution is 0.180. The molecule has 2 aromatic rings. The highest BCUT2D eigenvalue weighted by Gasteiger charge is 2.06. The molecule has 0 spiro atoms. The molecule has 2 rings (SSSR count). The van der Waals surface area contributed by atoms with Gasteiger partial charge in [-0.1, -0.05) is 18.2 Å². The molecule has 166 valence electrons. The van der Waals surface area contributed by atoms with Crippen LogP contribution in [0, 0.1) is 6.92 Å². The molecule has 1 aromatic heterocycles. The molecule has 1 heterocycles. The fourth-order valence-electron chi connectivity index (χ4n) is 3.21. The van der Waals surface area contributed by atoms with E-state index in [4.69, 9.17) is 9.73 Å². The first-order chi connectivity index (χ1) is 14.6. The highest BCUT2D eigenvalue weighted by molar-refractivity contribution is 5.79. The van der Waals surface area contributed by atoms with Gasteiger partial charge in [0.1, 0.15) is 0 Å². The molecule has 0 aliphatic carbocycles. The van der Waals surface area contributed by atoms with Crippen molar-refractivity contribution >= 4 is 5.96 Å². The van der Waals surface area contributed by atoms with Gasteiger partial charge in [0, 0.05) is 52.6 Å². The first kappa shape index (κ1) is 23.9. The standard InChI is InChI=1S/C23H38N6O/c1-5-24-23(26-15-17-28(3)16-10-18-30-4)25-14-9-11-21-19-29(27-20(21)2)22-12-7-6-8-13-22/h6-8,12-13,19H,5,9-11,14-18H2,1-4H3,(H2,24,25,26). The molecule has 0 fully saturated rings. The lowest BCUT2D eigenvalue weighted by Gasteiger charge is -2.18. The van der Waals surface area contributed by atoms with E-state index in [1.165, 1.54) is 5.56 Å². The van der Waals surface area contributed by atoms with Crippen LogP contribution in [0.5, 0.6) is 0 Å². The Morgan fingerprint density at radius 1 is 1.17 bits per heavy atom. The number of para-hydroxylation sites is 1. The van der Waals surface area contributed by atoms with E-state index in [1.54, 1.807) is 7.11 Å². The molecule has 0 saturated carbocycles. The van der Waals surface area contributed by atoms with E-state index in [9.17, 15) is 0 Å². The second-order valence-corrected chi connectivity index (χ2v) is 7.46. The molecule has 7 heteroatoms. The zero-order chi connectivity index (χ0) is 21.6. The number of guanidine groups is 1. The van der Waals surface area contributed by atoms with Crippen molar-refractivity contribution in [2.75, 3.05) is 53.5 Å². The summed E-state index contributed by atoms with van der Waals surface area (Å²) in [5.41, 5.74) is 3.46. The van der Waals surface area contributed by atoms with E-state index in [1.807, 2.05) is 22.9 Å². The van der Waals surface area contributed by atoms with E-state index < -0.39 is 0 Å². The SMILES string of the molecule is CCNC(=NCCCc1cn(-c2ccccc2)nc1C)NCCN(C)CCCOC. The molecule has 30 heavy (non-hydrogen) atoms. The highest BCUT2D eigenvalue weighted by atomic mass is 16.5. The number of rotatable bonds is 13. The third-order valence-electron chi connectivity index (χ3n) is 4.91. The second-order valence-electron chi connectivity index (χ2n) is 7.46. The first-order valence-corrected chi connectivity index (χ1v) is 10.9. The van der Waals surface area contributed by atoms with Crippen molar-refractivity contribution in [2.45, 2.75) is 33.1 Å². The highest BCUT2D eigenvalue weighted by Crippen LogP contribution is 2.13. The van der Waals surface area contributed by atoms with Crippen molar-refractivity contribution in [3.8, 4) is 5.69 Å². The van der Waals surface area contributed by atoms with E-state index in [0.29, 0.717) is 0 Å². The number of nitrogens with zero attached hydrogens (tertiary/aromatic N) is 4. The largest absolute Gasteiger partial charge is 0.385 e. The van der Waals surface area contributed by atoms with E-state index in [0.717, 1.165) is 75.9 Å². The van der Waals surface area contributed by atoms with Crippen LogP contribution in [0.2, 0.25) is 0 Å². The van der Waals surface area contributed by atoms with Crippen molar-refractivity contribution in [1.29, 1.82) is 0 Å². The predicted molar refractivity (Wildman–Crippen MR) is 125 cm³/mol. The summed E-state index contributed by atoms with van der Waals surface area (Å²) in [6.07, 6.45) is 5.16. The fraction of sp³-hybridized carbons (Fsp3) is 0.565. The number of aromatic nitrogens is 2. The maximum absolute atomic E-state index is 5.11. The van der Waals surface area contributed by atoms with Gasteiger partial charge in [0.15, 0.2) is 5.96 Å². The molecule has 2 N–H and O–H groups in total. The summed E-state index contributed by atoms with van der Waals surface area (Å²) in [6, 6.07) is 10.2. The maximum atomic E-state index is 5.11. The molecule has 0 amide bonds. The lowest BCUT2D eigenvalue weighted by atomic mass is 10.1. The van der Waals surface area contributed by atoms with Crippen molar-refractivity contribution in [1.82, 2.24) is 25.3 Å². The van der Waals surface area contributed by atoms with Gasteiger partial charge in [-0.15, -0.1) is 0 Å². The molecular formula is C23H38N6O. The first-order valence-electron chi connectivity index (χ1n) is 10.9. The van der Waals surface area contributed by atoms with Gasteiger partial charge in [-0.2, -0.15) is 5.10 Å². The number of aliphatic imine (C=N–C) groups is 1. The topological polar surface area (TPSA) is 66.7 Å². The molecule has 7 nitrogen and oxygen atoms in total. The Bertz CT molecular complexity index is 743. The Morgan fingerprint density at radius 2 is 1.97 bits per heavy atom. The van der Waals surface area contributed by atoms with Gasteiger partial charge in [0.2, 0.25) is 0 Å². The van der Waals surface area contributed by atoms with Crippen molar-refractivity contribution in [3.05, 3.63) is 47.8 Å². The number of benzene rings is 1. The van der Waals surface area contributed by atoms with Crippen LogP contribution in [0.3, 0.4) is 0 Å². The van der Waals surface area contributed by atoms with E-state index in [2.05, 4.69) is 59.9 Å². The summed E-state index contributed by atoms with van der Waals surface area (Å²) < 4.78 is 7.07. The predicted octanol–water partition coefficient (Wildman–Crippen LogP) is 2.64. The van der Waals surface area contributed by atoms with Gasteiger partial charge < -0.3 is 20.3 Å². The zero-order valence-corrected chi connectivity index (χ0v) is 19.0. The normalized spacial score (nSPS) is 11.8. The second kappa shape index (κ2) is 13.8. The van der Waals surface area contributed by atoms with Crippen molar-refractivity contribution in [2.24, 2.45) is 4.99 Å². The lowest BCUT2D eigenvalue weighted by Crippen LogP contribution is -2.41. The van der Waals surface area contributed by atoms with Gasteiger partial charge in [0.05, 0.1) is 11.4 Å². The molecule has 0 saturated heterocycles. The van der Waals surface area contributed by atoms with Crippen LogP contribution in [-0.2, 0) is 11.2 Å². The minimum Gasteiger partial charge on any atom is -0.385 e. The van der Waals surface area contributed by atoms with E-state index >= 15 is 0 Å².